The maximum Gasteiger partial charge on any atom is 0.264 e. The highest BCUT2D eigenvalue weighted by Crippen LogP contribution is 2.25. The van der Waals surface area contributed by atoms with Crippen molar-refractivity contribution in [2.24, 2.45) is 5.92 Å². The van der Waals surface area contributed by atoms with E-state index in [1.165, 1.54) is 12.0 Å². The maximum atomic E-state index is 14.0. The van der Waals surface area contributed by atoms with Crippen LogP contribution in [0.3, 0.4) is 0 Å². The number of nitrogens with one attached hydrogen (secondary N) is 1. The first kappa shape index (κ1) is 30.6. The first-order chi connectivity index (χ1) is 19.1. The Balaban J connectivity index is 2.03. The average Bonchev–Trinajstić information content (AvgIpc) is 2.95. The number of ether oxygens (including phenoxy) is 1. The van der Waals surface area contributed by atoms with E-state index >= 15 is 0 Å². The number of benzene rings is 3. The van der Waals surface area contributed by atoms with E-state index in [9.17, 15) is 22.4 Å². The Morgan fingerprint density at radius 3 is 2.25 bits per heavy atom. The molecule has 0 radical (unpaired) electrons. The van der Waals surface area contributed by atoms with Crippen LogP contribution in [-0.4, -0.2) is 51.4 Å². The normalized spacial score (nSPS) is 12.1. The minimum atomic E-state index is -4.26. The van der Waals surface area contributed by atoms with Crippen molar-refractivity contribution in [1.29, 1.82) is 0 Å². The van der Waals surface area contributed by atoms with Crippen molar-refractivity contribution in [2.75, 3.05) is 24.5 Å². The second kappa shape index (κ2) is 13.9. The second-order valence-corrected chi connectivity index (χ2v) is 11.6. The molecule has 0 aliphatic carbocycles. The Kier molecular flexibility index (Phi) is 10.7. The molecule has 3 rings (SSSR count). The number of sulfonamides is 1. The van der Waals surface area contributed by atoms with Crippen molar-refractivity contribution in [2.45, 2.75) is 44.7 Å². The first-order valence-corrected chi connectivity index (χ1v) is 14.5. The van der Waals surface area contributed by atoms with Crippen LogP contribution >= 0.6 is 0 Å². The number of carbonyl (C=O) groups excluding carboxylic acids is 2. The number of carbonyl (C=O) groups is 2. The molecule has 2 amide bonds. The minimum Gasteiger partial charge on any atom is -0.497 e. The molecule has 0 aliphatic heterocycles. The molecule has 8 nitrogen and oxygen atoms in total. The van der Waals surface area contributed by atoms with Crippen molar-refractivity contribution in [1.82, 2.24) is 10.2 Å². The van der Waals surface area contributed by atoms with Crippen LogP contribution in [0.1, 0.15) is 32.8 Å². The number of hydrogen-bond donors (Lipinski definition) is 1. The van der Waals surface area contributed by atoms with E-state index in [0.717, 1.165) is 34.1 Å². The summed E-state index contributed by atoms with van der Waals surface area (Å²) < 4.78 is 47.3. The van der Waals surface area contributed by atoms with E-state index < -0.39 is 34.3 Å². The van der Waals surface area contributed by atoms with Gasteiger partial charge in [0.25, 0.3) is 10.0 Å². The van der Waals surface area contributed by atoms with Gasteiger partial charge >= 0.3 is 0 Å². The molecule has 0 aliphatic rings. The standard InChI is InChI=1S/C30H36FN3O5S/c1-5-28(30(36)32-19-22(2)3)33(20-23-10-9-13-26(18-23)39-4)29(35)21-34(25-11-7-6-8-12-25)40(37,38)27-16-14-24(31)15-17-27/h6-18,22,28H,5,19-21H2,1-4H3,(H,32,36)/t28-/m1/s1. The number of para-hydroxylation sites is 1. The van der Waals surface area contributed by atoms with Crippen molar-refractivity contribution in [3.63, 3.8) is 0 Å². The van der Waals surface area contributed by atoms with Crippen molar-refractivity contribution in [3.8, 4) is 5.75 Å². The van der Waals surface area contributed by atoms with Crippen LogP contribution in [0.15, 0.2) is 83.8 Å². The summed E-state index contributed by atoms with van der Waals surface area (Å²) in [5.41, 5.74) is 0.981. The number of hydrogen-bond acceptors (Lipinski definition) is 5. The van der Waals surface area contributed by atoms with E-state index in [2.05, 4.69) is 5.32 Å². The largest absolute Gasteiger partial charge is 0.497 e. The molecule has 0 saturated heterocycles. The molecule has 0 aromatic heterocycles. The van der Waals surface area contributed by atoms with E-state index in [0.29, 0.717) is 18.7 Å². The van der Waals surface area contributed by atoms with Gasteiger partial charge in [-0.25, -0.2) is 12.8 Å². The quantitative estimate of drug-likeness (QED) is 0.324. The summed E-state index contributed by atoms with van der Waals surface area (Å²) in [4.78, 5) is 28.5. The minimum absolute atomic E-state index is 0.0584. The third kappa shape index (κ3) is 7.81. The van der Waals surface area contributed by atoms with Gasteiger partial charge in [0.05, 0.1) is 17.7 Å². The Hall–Kier alpha value is -3.92. The summed E-state index contributed by atoms with van der Waals surface area (Å²) in [5, 5.41) is 2.90. The lowest BCUT2D eigenvalue weighted by atomic mass is 10.1. The summed E-state index contributed by atoms with van der Waals surface area (Å²) >= 11 is 0. The average molecular weight is 570 g/mol. The summed E-state index contributed by atoms with van der Waals surface area (Å²) in [6.07, 6.45) is 0.315. The van der Waals surface area contributed by atoms with Gasteiger partial charge in [0.15, 0.2) is 0 Å². The first-order valence-electron chi connectivity index (χ1n) is 13.1. The van der Waals surface area contributed by atoms with Crippen LogP contribution in [0.25, 0.3) is 0 Å². The fourth-order valence-electron chi connectivity index (χ4n) is 4.17. The predicted octanol–water partition coefficient (Wildman–Crippen LogP) is 4.61. The summed E-state index contributed by atoms with van der Waals surface area (Å²) in [5.74, 6) is -0.668. The van der Waals surface area contributed by atoms with Gasteiger partial charge in [-0.1, -0.05) is 51.1 Å². The molecule has 214 valence electrons. The van der Waals surface area contributed by atoms with Gasteiger partial charge < -0.3 is 15.0 Å². The molecule has 10 heteroatoms. The van der Waals surface area contributed by atoms with Crippen molar-refractivity contribution < 1.29 is 27.1 Å². The van der Waals surface area contributed by atoms with Gasteiger partial charge in [-0.2, -0.15) is 0 Å². The van der Waals surface area contributed by atoms with E-state index in [-0.39, 0.29) is 29.0 Å². The van der Waals surface area contributed by atoms with Crippen LogP contribution in [0.4, 0.5) is 10.1 Å². The van der Waals surface area contributed by atoms with E-state index in [1.54, 1.807) is 55.5 Å². The molecule has 3 aromatic carbocycles. The highest BCUT2D eigenvalue weighted by Gasteiger charge is 2.33. The predicted molar refractivity (Wildman–Crippen MR) is 153 cm³/mol. The number of nitrogens with zero attached hydrogens (tertiary/aromatic N) is 2. The van der Waals surface area contributed by atoms with Gasteiger partial charge in [0.1, 0.15) is 24.2 Å². The summed E-state index contributed by atoms with van der Waals surface area (Å²) in [6, 6.07) is 18.9. The van der Waals surface area contributed by atoms with Gasteiger partial charge in [0.2, 0.25) is 11.8 Å². The molecule has 0 unspecified atom stereocenters. The lowest BCUT2D eigenvalue weighted by Gasteiger charge is -2.33. The SMILES string of the molecule is CC[C@H](C(=O)NCC(C)C)N(Cc1cccc(OC)c1)C(=O)CN(c1ccccc1)S(=O)(=O)c1ccc(F)cc1. The van der Waals surface area contributed by atoms with Crippen LogP contribution in [0, 0.1) is 11.7 Å². The summed E-state index contributed by atoms with van der Waals surface area (Å²) in [7, 11) is -2.72. The number of amides is 2. The third-order valence-electron chi connectivity index (χ3n) is 6.28. The molecule has 0 bridgehead atoms. The zero-order chi connectivity index (χ0) is 29.3. The maximum absolute atomic E-state index is 14.0. The Bertz CT molecular complexity index is 1380. The highest BCUT2D eigenvalue weighted by atomic mass is 32.2. The molecule has 1 N–H and O–H groups in total. The van der Waals surface area contributed by atoms with E-state index in [4.69, 9.17) is 4.74 Å². The van der Waals surface area contributed by atoms with Crippen LogP contribution in [0.2, 0.25) is 0 Å². The zero-order valence-electron chi connectivity index (χ0n) is 23.2. The van der Waals surface area contributed by atoms with E-state index in [1.807, 2.05) is 19.9 Å². The smallest absolute Gasteiger partial charge is 0.264 e. The number of methoxy groups -OCH3 is 1. The van der Waals surface area contributed by atoms with Gasteiger partial charge in [-0.15, -0.1) is 0 Å². The van der Waals surface area contributed by atoms with Crippen molar-refractivity contribution in [3.05, 3.63) is 90.2 Å². The monoisotopic (exact) mass is 569 g/mol. The Morgan fingerprint density at radius 2 is 1.65 bits per heavy atom. The molecule has 1 atom stereocenters. The lowest BCUT2D eigenvalue weighted by Crippen LogP contribution is -2.52. The lowest BCUT2D eigenvalue weighted by molar-refractivity contribution is -0.140. The molecule has 40 heavy (non-hydrogen) atoms. The van der Waals surface area contributed by atoms with Gasteiger partial charge in [-0.3, -0.25) is 13.9 Å². The van der Waals surface area contributed by atoms with Gasteiger partial charge in [0, 0.05) is 13.1 Å². The van der Waals surface area contributed by atoms with Crippen LogP contribution in [0.5, 0.6) is 5.75 Å². The number of anilines is 1. The highest BCUT2D eigenvalue weighted by molar-refractivity contribution is 7.92. The molecule has 3 aromatic rings. The zero-order valence-corrected chi connectivity index (χ0v) is 24.0. The topological polar surface area (TPSA) is 96.0 Å². The van der Waals surface area contributed by atoms with Crippen LogP contribution < -0.4 is 14.4 Å². The molecule has 0 saturated carbocycles. The second-order valence-electron chi connectivity index (χ2n) is 9.74. The number of rotatable bonds is 13. The molecule has 0 fully saturated rings. The molecule has 0 spiro atoms. The Labute approximate surface area is 235 Å². The Morgan fingerprint density at radius 1 is 0.975 bits per heavy atom. The molecular formula is C30H36FN3O5S. The molecular weight excluding hydrogens is 533 g/mol. The van der Waals surface area contributed by atoms with Gasteiger partial charge in [-0.05, 0) is 66.4 Å². The number of halogens is 1. The van der Waals surface area contributed by atoms with Crippen molar-refractivity contribution >= 4 is 27.5 Å². The fourth-order valence-corrected chi connectivity index (χ4v) is 5.58. The summed E-state index contributed by atoms with van der Waals surface area (Å²) in [6.45, 7) is 5.67. The molecule has 0 heterocycles. The van der Waals surface area contributed by atoms with Crippen LogP contribution in [-0.2, 0) is 26.2 Å². The fraction of sp³-hybridized carbons (Fsp3) is 0.333. The third-order valence-corrected chi connectivity index (χ3v) is 8.07.